The van der Waals surface area contributed by atoms with Crippen molar-refractivity contribution in [2.45, 2.75) is 41.0 Å². The zero-order valence-corrected chi connectivity index (χ0v) is 18.3. The molecular formula is C25H24N2OS. The molecule has 0 saturated heterocycles. The van der Waals surface area contributed by atoms with Crippen LogP contribution in [0.3, 0.4) is 0 Å². The lowest BCUT2D eigenvalue weighted by molar-refractivity contribution is 0.410. The number of thiazole rings is 1. The van der Waals surface area contributed by atoms with Gasteiger partial charge >= 0.3 is 0 Å². The van der Waals surface area contributed by atoms with Crippen molar-refractivity contribution in [3.63, 3.8) is 0 Å². The van der Waals surface area contributed by atoms with E-state index in [0.717, 1.165) is 50.1 Å². The van der Waals surface area contributed by atoms with Gasteiger partial charge in [-0.2, -0.15) is 0 Å². The molecule has 3 nitrogen and oxygen atoms in total. The van der Waals surface area contributed by atoms with Gasteiger partial charge in [0, 0.05) is 22.5 Å². The Morgan fingerprint density at radius 2 is 1.90 bits per heavy atom. The highest BCUT2D eigenvalue weighted by Gasteiger charge is 2.18. The van der Waals surface area contributed by atoms with Crippen molar-refractivity contribution in [1.29, 1.82) is 0 Å². The number of benzene rings is 2. The quantitative estimate of drug-likeness (QED) is 0.309. The zero-order chi connectivity index (χ0) is 20.3. The summed E-state index contributed by atoms with van der Waals surface area (Å²) in [6, 6.07) is 12.7. The summed E-state index contributed by atoms with van der Waals surface area (Å²) < 4.78 is 7.56. The fourth-order valence-corrected chi connectivity index (χ4v) is 5.03. The molecule has 4 heteroatoms. The average Bonchev–Trinajstić information content (AvgIpc) is 3.21. The van der Waals surface area contributed by atoms with Gasteiger partial charge in [0.05, 0.1) is 20.9 Å². The minimum absolute atomic E-state index is 0.227. The number of aryl methyl sites for hydroxylation is 2. The molecule has 0 aliphatic carbocycles. The monoisotopic (exact) mass is 400 g/mol. The molecule has 0 radical (unpaired) electrons. The lowest BCUT2D eigenvalue weighted by atomic mass is 9.86. The van der Waals surface area contributed by atoms with Crippen LogP contribution in [0.15, 0.2) is 47.0 Å². The Morgan fingerprint density at radius 1 is 1.07 bits per heavy atom. The van der Waals surface area contributed by atoms with Crippen molar-refractivity contribution in [3.05, 3.63) is 58.7 Å². The predicted octanol–water partition coefficient (Wildman–Crippen LogP) is 7.46. The molecule has 3 aromatic heterocycles. The van der Waals surface area contributed by atoms with Gasteiger partial charge in [0.25, 0.3) is 0 Å². The Labute approximate surface area is 174 Å². The Hall–Kier alpha value is -2.72. The second-order valence-electron chi connectivity index (χ2n) is 9.04. The molecule has 5 aromatic rings. The standard InChI is InChI=1S/C25H24N2OS/c1-14-13-26-20(11-16(14)12-25(3,4)5)17-7-6-8-18-22-21(28-23(17)18)10-9-19-24(22)29-15(2)27-19/h6-11,13H,12H2,1-5H3. The third-order valence-electron chi connectivity index (χ3n) is 5.33. The molecule has 0 unspecified atom stereocenters. The van der Waals surface area contributed by atoms with E-state index in [1.807, 2.05) is 12.3 Å². The SMILES string of the molecule is Cc1nc2ccc3oc4c(-c5cc(CC(C)(C)C)c(C)cn5)cccc4c3c2s1. The summed E-state index contributed by atoms with van der Waals surface area (Å²) in [5.74, 6) is 0. The van der Waals surface area contributed by atoms with Gasteiger partial charge < -0.3 is 4.42 Å². The molecular weight excluding hydrogens is 376 g/mol. The number of aromatic nitrogens is 2. The first kappa shape index (κ1) is 18.3. The van der Waals surface area contributed by atoms with Crippen LogP contribution in [0.2, 0.25) is 0 Å². The molecule has 0 bridgehead atoms. The van der Waals surface area contributed by atoms with Crippen LogP contribution >= 0.6 is 11.3 Å². The maximum absolute atomic E-state index is 6.37. The fraction of sp³-hybridized carbons (Fsp3) is 0.280. The van der Waals surface area contributed by atoms with Crippen molar-refractivity contribution in [2.75, 3.05) is 0 Å². The van der Waals surface area contributed by atoms with Crippen LogP contribution in [-0.4, -0.2) is 9.97 Å². The van der Waals surface area contributed by atoms with Crippen molar-refractivity contribution < 1.29 is 4.42 Å². The molecule has 0 N–H and O–H groups in total. The summed E-state index contributed by atoms with van der Waals surface area (Å²) in [5, 5.41) is 3.36. The highest BCUT2D eigenvalue weighted by atomic mass is 32.1. The van der Waals surface area contributed by atoms with Gasteiger partial charge in [-0.3, -0.25) is 4.98 Å². The first-order chi connectivity index (χ1) is 13.8. The van der Waals surface area contributed by atoms with Crippen LogP contribution in [0, 0.1) is 19.3 Å². The first-order valence-electron chi connectivity index (χ1n) is 9.97. The van der Waals surface area contributed by atoms with Crippen LogP contribution in [-0.2, 0) is 6.42 Å². The lowest BCUT2D eigenvalue weighted by Gasteiger charge is -2.20. The molecule has 146 valence electrons. The second kappa shape index (κ2) is 6.39. The highest BCUT2D eigenvalue weighted by Crippen LogP contribution is 2.40. The van der Waals surface area contributed by atoms with E-state index >= 15 is 0 Å². The third-order valence-corrected chi connectivity index (χ3v) is 6.34. The van der Waals surface area contributed by atoms with Gasteiger partial charge in [-0.05, 0) is 61.1 Å². The fourth-order valence-electron chi connectivity index (χ4n) is 4.06. The molecule has 0 aliphatic rings. The molecule has 0 saturated carbocycles. The molecule has 0 amide bonds. The molecule has 0 fully saturated rings. The molecule has 0 spiro atoms. The van der Waals surface area contributed by atoms with Crippen molar-refractivity contribution in [2.24, 2.45) is 5.41 Å². The normalized spacial score (nSPS) is 12.4. The van der Waals surface area contributed by atoms with Gasteiger partial charge in [0.1, 0.15) is 11.2 Å². The molecule has 0 aliphatic heterocycles. The minimum Gasteiger partial charge on any atom is -0.455 e. The number of para-hydroxylation sites is 1. The van der Waals surface area contributed by atoms with E-state index in [0.29, 0.717) is 0 Å². The van der Waals surface area contributed by atoms with E-state index in [4.69, 9.17) is 9.40 Å². The summed E-state index contributed by atoms with van der Waals surface area (Å²) in [5.41, 5.74) is 7.67. The van der Waals surface area contributed by atoms with E-state index in [1.54, 1.807) is 11.3 Å². The summed E-state index contributed by atoms with van der Waals surface area (Å²) in [6.45, 7) is 11.0. The molecule has 29 heavy (non-hydrogen) atoms. The summed E-state index contributed by atoms with van der Waals surface area (Å²) in [4.78, 5) is 9.41. The second-order valence-corrected chi connectivity index (χ2v) is 10.2. The number of hydrogen-bond acceptors (Lipinski definition) is 4. The molecule has 2 aromatic carbocycles. The van der Waals surface area contributed by atoms with E-state index in [2.05, 4.69) is 69.9 Å². The summed E-state index contributed by atoms with van der Waals surface area (Å²) >= 11 is 1.73. The number of nitrogens with zero attached hydrogens (tertiary/aromatic N) is 2. The van der Waals surface area contributed by atoms with Gasteiger partial charge in [0.2, 0.25) is 0 Å². The zero-order valence-electron chi connectivity index (χ0n) is 17.5. The van der Waals surface area contributed by atoms with Crippen LogP contribution < -0.4 is 0 Å². The summed E-state index contributed by atoms with van der Waals surface area (Å²) in [7, 11) is 0. The number of pyridine rings is 1. The number of furan rings is 1. The highest BCUT2D eigenvalue weighted by molar-refractivity contribution is 7.19. The Bertz CT molecular complexity index is 1390. The molecule has 3 heterocycles. The number of hydrogen-bond donors (Lipinski definition) is 0. The van der Waals surface area contributed by atoms with Gasteiger partial charge in [0.15, 0.2) is 0 Å². The van der Waals surface area contributed by atoms with E-state index in [-0.39, 0.29) is 5.41 Å². The van der Waals surface area contributed by atoms with E-state index < -0.39 is 0 Å². The van der Waals surface area contributed by atoms with Crippen LogP contribution in [0.1, 0.15) is 36.9 Å². The predicted molar refractivity (Wildman–Crippen MR) is 123 cm³/mol. The Morgan fingerprint density at radius 3 is 2.69 bits per heavy atom. The third kappa shape index (κ3) is 3.12. The lowest BCUT2D eigenvalue weighted by Crippen LogP contribution is -2.10. The topological polar surface area (TPSA) is 38.9 Å². The maximum atomic E-state index is 6.37. The summed E-state index contributed by atoms with van der Waals surface area (Å²) in [6.07, 6.45) is 3.01. The number of fused-ring (bicyclic) bond motifs is 5. The minimum atomic E-state index is 0.227. The van der Waals surface area contributed by atoms with Crippen molar-refractivity contribution in [3.8, 4) is 11.3 Å². The first-order valence-corrected chi connectivity index (χ1v) is 10.8. The van der Waals surface area contributed by atoms with Crippen LogP contribution in [0.25, 0.3) is 43.4 Å². The van der Waals surface area contributed by atoms with Gasteiger partial charge in [-0.15, -0.1) is 11.3 Å². The molecule has 0 atom stereocenters. The van der Waals surface area contributed by atoms with Gasteiger partial charge in [-0.25, -0.2) is 4.98 Å². The Kier molecular flexibility index (Phi) is 4.04. The van der Waals surface area contributed by atoms with Crippen molar-refractivity contribution >= 4 is 43.5 Å². The Balaban J connectivity index is 1.76. The maximum Gasteiger partial charge on any atom is 0.144 e. The smallest absolute Gasteiger partial charge is 0.144 e. The van der Waals surface area contributed by atoms with Crippen LogP contribution in [0.4, 0.5) is 0 Å². The molecule has 5 rings (SSSR count). The van der Waals surface area contributed by atoms with Crippen molar-refractivity contribution in [1.82, 2.24) is 9.97 Å². The van der Waals surface area contributed by atoms with Crippen LogP contribution in [0.5, 0.6) is 0 Å². The average molecular weight is 401 g/mol. The van der Waals surface area contributed by atoms with Gasteiger partial charge in [-0.1, -0.05) is 32.9 Å². The van der Waals surface area contributed by atoms with E-state index in [9.17, 15) is 0 Å². The number of rotatable bonds is 2. The van der Waals surface area contributed by atoms with E-state index in [1.165, 1.54) is 15.8 Å². The largest absolute Gasteiger partial charge is 0.455 e.